The predicted octanol–water partition coefficient (Wildman–Crippen LogP) is 9.67. The number of imide groups is 1. The minimum atomic E-state index is -0.640. The third kappa shape index (κ3) is 5.12. The summed E-state index contributed by atoms with van der Waals surface area (Å²) in [4.78, 5) is 33.2. The Bertz CT molecular complexity index is 2370. The third-order valence-corrected chi connectivity index (χ3v) is 12.5. The van der Waals surface area contributed by atoms with Crippen LogP contribution in [0.25, 0.3) is 37.8 Å². The van der Waals surface area contributed by atoms with Gasteiger partial charge >= 0.3 is 6.03 Å². The number of fused-ring (bicyclic) bond motifs is 6. The Kier molecular flexibility index (Phi) is 8.24. The van der Waals surface area contributed by atoms with Crippen LogP contribution in [0.2, 0.25) is 0 Å². The number of rotatable bonds is 6. The molecule has 250 valence electrons. The quantitative estimate of drug-likeness (QED) is 0.166. The molecule has 3 amide bonds. The molecule has 1 aliphatic carbocycles. The van der Waals surface area contributed by atoms with E-state index in [1.165, 1.54) is 52.1 Å². The number of carbonyl (C=O) groups is 2. The average molecular weight is 696 g/mol. The number of aryl methyl sites for hydroxylation is 1. The van der Waals surface area contributed by atoms with Crippen LogP contribution >= 0.6 is 23.1 Å². The van der Waals surface area contributed by atoms with Crippen LogP contribution in [-0.2, 0) is 11.3 Å². The van der Waals surface area contributed by atoms with E-state index in [0.29, 0.717) is 5.70 Å². The summed E-state index contributed by atoms with van der Waals surface area (Å²) in [6, 6.07) is 25.6. The first-order valence-corrected chi connectivity index (χ1v) is 18.8. The highest BCUT2D eigenvalue weighted by Crippen LogP contribution is 2.50. The Morgan fingerprint density at radius 1 is 0.860 bits per heavy atom. The smallest absolute Gasteiger partial charge is 0.330 e. The molecule has 0 spiro atoms. The van der Waals surface area contributed by atoms with Crippen molar-refractivity contribution < 1.29 is 14.2 Å². The van der Waals surface area contributed by atoms with E-state index >= 15 is 0 Å². The fourth-order valence-corrected chi connectivity index (χ4v) is 9.98. The maximum absolute atomic E-state index is 13.9. The topological polar surface area (TPSA) is 47.7 Å². The molecule has 0 radical (unpaired) electrons. The van der Waals surface area contributed by atoms with Crippen LogP contribution in [0.5, 0.6) is 0 Å². The number of hydrogen-bond acceptors (Lipinski definition) is 5. The lowest BCUT2D eigenvalue weighted by molar-refractivity contribution is -0.664. The van der Waals surface area contributed by atoms with Crippen molar-refractivity contribution in [1.82, 2.24) is 9.80 Å². The first-order chi connectivity index (χ1) is 24.3. The number of amides is 3. The fraction of sp³-hybridized carbons (Fsp3) is 0.214. The Balaban J connectivity index is 1.23. The summed E-state index contributed by atoms with van der Waals surface area (Å²) in [7, 11) is 3.27. The van der Waals surface area contributed by atoms with Crippen LogP contribution in [0.15, 0.2) is 130 Å². The van der Waals surface area contributed by atoms with Crippen LogP contribution in [0.3, 0.4) is 0 Å². The van der Waals surface area contributed by atoms with Crippen LogP contribution in [-0.4, -0.2) is 42.4 Å². The molecule has 1 aromatic heterocycles. The van der Waals surface area contributed by atoms with Gasteiger partial charge in [-0.1, -0.05) is 96.4 Å². The van der Waals surface area contributed by atoms with E-state index < -0.39 is 5.92 Å². The van der Waals surface area contributed by atoms with Crippen molar-refractivity contribution in [2.75, 3.05) is 25.5 Å². The van der Waals surface area contributed by atoms with Gasteiger partial charge in [-0.25, -0.2) is 4.79 Å². The summed E-state index contributed by atoms with van der Waals surface area (Å²) in [6.07, 6.45) is 10.4. The lowest BCUT2D eigenvalue weighted by Gasteiger charge is -2.37. The molecule has 1 saturated heterocycles. The summed E-state index contributed by atoms with van der Waals surface area (Å²) in [5.41, 5.74) is 6.20. The van der Waals surface area contributed by atoms with E-state index in [4.69, 9.17) is 0 Å². The first-order valence-electron chi connectivity index (χ1n) is 17.2. The number of carbonyl (C=O) groups excluding carboxylic acids is 2. The van der Waals surface area contributed by atoms with Gasteiger partial charge in [0, 0.05) is 42.7 Å². The van der Waals surface area contributed by atoms with Gasteiger partial charge in [-0.15, -0.1) is 0 Å². The Hall–Kier alpha value is -4.92. The van der Waals surface area contributed by atoms with Gasteiger partial charge in [0.1, 0.15) is 17.2 Å². The van der Waals surface area contributed by atoms with Gasteiger partial charge in [0.2, 0.25) is 11.4 Å². The van der Waals surface area contributed by atoms with Crippen LogP contribution in [0, 0.1) is 5.92 Å². The summed E-state index contributed by atoms with van der Waals surface area (Å²) in [5, 5.41) is 7.29. The molecule has 4 aromatic carbocycles. The van der Waals surface area contributed by atoms with Crippen molar-refractivity contribution in [2.45, 2.75) is 38.1 Å². The number of thioether (sulfide) groups is 1. The van der Waals surface area contributed by atoms with Gasteiger partial charge in [-0.05, 0) is 78.5 Å². The highest BCUT2D eigenvalue weighted by Gasteiger charge is 2.43. The monoisotopic (exact) mass is 695 g/mol. The summed E-state index contributed by atoms with van der Waals surface area (Å²) < 4.78 is 3.64. The maximum atomic E-state index is 13.9. The Labute approximate surface area is 301 Å². The number of benzene rings is 4. The number of aromatic nitrogens is 1. The first kappa shape index (κ1) is 32.3. The fourth-order valence-electron chi connectivity index (χ4n) is 7.69. The largest absolute Gasteiger partial charge is 0.335 e. The molecule has 5 aromatic rings. The molecule has 2 aliphatic heterocycles. The average Bonchev–Trinajstić information content (AvgIpc) is 3.84. The van der Waals surface area contributed by atoms with Gasteiger partial charge in [0.15, 0.2) is 0 Å². The van der Waals surface area contributed by atoms with E-state index in [-0.39, 0.29) is 11.9 Å². The van der Waals surface area contributed by atoms with E-state index in [9.17, 15) is 9.59 Å². The second-order valence-electron chi connectivity index (χ2n) is 12.9. The standard InChI is InChI=1S/C42H39N4O2S2/c1-6-45-35(49-33-22-18-27-12-8-10-14-31(27)39(33)45)24-20-29-16-17-30(38(29)37-26(3)43(4)42(48)44(5)41(37)47)21-25-36-46(7-2)40-32-15-11-9-13-28(32)19-23-34(40)50-36/h8-15,18-25,37H,3,6-7,16-17H2,1-2,4-5H3/q+1. The Morgan fingerprint density at radius 3 is 2.34 bits per heavy atom. The number of anilines is 1. The number of urea groups is 1. The van der Waals surface area contributed by atoms with E-state index in [2.05, 4.69) is 127 Å². The van der Waals surface area contributed by atoms with Gasteiger partial charge < -0.3 is 9.80 Å². The summed E-state index contributed by atoms with van der Waals surface area (Å²) in [6.45, 7) is 10.4. The van der Waals surface area contributed by atoms with Crippen LogP contribution in [0.1, 0.15) is 31.7 Å². The zero-order chi connectivity index (χ0) is 34.7. The van der Waals surface area contributed by atoms with Crippen molar-refractivity contribution in [3.05, 3.63) is 130 Å². The van der Waals surface area contributed by atoms with Crippen molar-refractivity contribution >= 4 is 78.6 Å². The second kappa shape index (κ2) is 12.8. The number of nitrogens with zero attached hydrogens (tertiary/aromatic N) is 4. The zero-order valence-corrected chi connectivity index (χ0v) is 30.4. The molecule has 1 fully saturated rings. The predicted molar refractivity (Wildman–Crippen MR) is 208 cm³/mol. The number of thiazole rings is 1. The van der Waals surface area contributed by atoms with Crippen molar-refractivity contribution in [3.8, 4) is 0 Å². The molecule has 1 atom stereocenters. The maximum Gasteiger partial charge on any atom is 0.330 e. The van der Waals surface area contributed by atoms with Crippen molar-refractivity contribution in [2.24, 2.45) is 5.92 Å². The summed E-state index contributed by atoms with van der Waals surface area (Å²) >= 11 is 3.57. The van der Waals surface area contributed by atoms with E-state index in [0.717, 1.165) is 52.7 Å². The normalized spacial score (nSPS) is 20.0. The lowest BCUT2D eigenvalue weighted by atomic mass is 9.86. The van der Waals surface area contributed by atoms with Gasteiger partial charge in [0.25, 0.3) is 5.01 Å². The highest BCUT2D eigenvalue weighted by atomic mass is 32.2. The molecule has 3 aliphatic rings. The second-order valence-corrected chi connectivity index (χ2v) is 15.1. The number of hydrogen-bond donors (Lipinski definition) is 0. The molecule has 8 rings (SSSR count). The lowest BCUT2D eigenvalue weighted by Crippen LogP contribution is -2.52. The van der Waals surface area contributed by atoms with Crippen LogP contribution in [0.4, 0.5) is 10.5 Å². The molecule has 0 saturated carbocycles. The van der Waals surface area contributed by atoms with Gasteiger partial charge in [0.05, 0.1) is 16.1 Å². The van der Waals surface area contributed by atoms with Crippen molar-refractivity contribution in [3.63, 3.8) is 0 Å². The molecule has 6 nitrogen and oxygen atoms in total. The van der Waals surface area contributed by atoms with Gasteiger partial charge in [-0.2, -0.15) is 4.57 Å². The van der Waals surface area contributed by atoms with Crippen molar-refractivity contribution in [1.29, 1.82) is 0 Å². The third-order valence-electron chi connectivity index (χ3n) is 10.3. The molecule has 50 heavy (non-hydrogen) atoms. The van der Waals surface area contributed by atoms with Gasteiger partial charge in [-0.3, -0.25) is 9.69 Å². The number of allylic oxidation sites excluding steroid dienone is 5. The molecule has 8 heteroatoms. The molecule has 0 N–H and O–H groups in total. The minimum Gasteiger partial charge on any atom is -0.335 e. The SMILES string of the molecule is C=C1C(C2=C(C=Cc3sc4ccc5ccccc5c4[n+]3CC)CCC2=CC=C2Sc3ccc4ccccc4c3N2CC)C(=O)N(C)C(=O)N1C. The minimum absolute atomic E-state index is 0.235. The Morgan fingerprint density at radius 2 is 1.58 bits per heavy atom. The van der Waals surface area contributed by atoms with Crippen LogP contribution < -0.4 is 9.47 Å². The highest BCUT2D eigenvalue weighted by molar-refractivity contribution is 8.03. The molecule has 3 heterocycles. The van der Waals surface area contributed by atoms with E-state index in [1.54, 1.807) is 37.2 Å². The molecule has 1 unspecified atom stereocenters. The molecular weight excluding hydrogens is 657 g/mol. The van der Waals surface area contributed by atoms with E-state index in [1.807, 2.05) is 0 Å². The molecular formula is C42H39N4O2S2+. The molecule has 0 bridgehead atoms. The summed E-state index contributed by atoms with van der Waals surface area (Å²) in [5.74, 6) is -0.875. The zero-order valence-electron chi connectivity index (χ0n) is 28.8.